The van der Waals surface area contributed by atoms with Crippen molar-refractivity contribution in [2.75, 3.05) is 0 Å². The lowest BCUT2D eigenvalue weighted by Crippen LogP contribution is -2.56. The maximum atomic E-state index is 12.9. The van der Waals surface area contributed by atoms with E-state index in [1.807, 2.05) is 0 Å². The molecule has 2 rings (SSSR count). The summed E-state index contributed by atoms with van der Waals surface area (Å²) in [5.74, 6) is -1.34. The number of hydrazine groups is 1. The van der Waals surface area contributed by atoms with Crippen molar-refractivity contribution in [3.8, 4) is 0 Å². The summed E-state index contributed by atoms with van der Waals surface area (Å²) >= 11 is 11.8. The quantitative estimate of drug-likeness (QED) is 0.596. The van der Waals surface area contributed by atoms with Gasteiger partial charge in [0.05, 0.1) is 10.5 Å². The Bertz CT molecular complexity index is 910. The molecule has 0 bridgehead atoms. The van der Waals surface area contributed by atoms with Crippen LogP contribution in [0.4, 0.5) is 5.69 Å². The Hall–Kier alpha value is -2.64. The summed E-state index contributed by atoms with van der Waals surface area (Å²) in [6.07, 6.45) is 0. The van der Waals surface area contributed by atoms with E-state index in [0.717, 1.165) is 5.01 Å². The predicted octanol–water partition coefficient (Wildman–Crippen LogP) is 4.49. The minimum absolute atomic E-state index is 0.170. The molecule has 2 amide bonds. The Morgan fingerprint density at radius 2 is 1.74 bits per heavy atom. The highest BCUT2D eigenvalue weighted by molar-refractivity contribution is 6.33. The fourth-order valence-electron chi connectivity index (χ4n) is 2.32. The van der Waals surface area contributed by atoms with E-state index in [-0.39, 0.29) is 16.1 Å². The molecule has 0 atom stereocenters. The van der Waals surface area contributed by atoms with Crippen LogP contribution in [0.25, 0.3) is 0 Å². The van der Waals surface area contributed by atoms with Crippen LogP contribution in [0.1, 0.15) is 41.5 Å². The zero-order valence-corrected chi connectivity index (χ0v) is 16.3. The van der Waals surface area contributed by atoms with Crippen LogP contribution in [0.5, 0.6) is 0 Å². The molecule has 0 heterocycles. The Morgan fingerprint density at radius 3 is 2.30 bits per heavy atom. The second kappa shape index (κ2) is 7.94. The zero-order valence-electron chi connectivity index (χ0n) is 14.8. The summed E-state index contributed by atoms with van der Waals surface area (Å²) in [6, 6.07) is 10.3. The lowest BCUT2D eigenvalue weighted by atomic mass is 10.1. The van der Waals surface area contributed by atoms with Crippen molar-refractivity contribution < 1.29 is 14.5 Å². The van der Waals surface area contributed by atoms with Gasteiger partial charge in [-0.2, -0.15) is 0 Å². The molecule has 0 unspecified atom stereocenters. The van der Waals surface area contributed by atoms with Crippen molar-refractivity contribution >= 4 is 40.7 Å². The third-order valence-corrected chi connectivity index (χ3v) is 4.11. The lowest BCUT2D eigenvalue weighted by Gasteiger charge is -2.35. The molecule has 0 spiro atoms. The van der Waals surface area contributed by atoms with Gasteiger partial charge in [-0.05, 0) is 51.1 Å². The molecule has 2 aromatic rings. The normalized spacial score (nSPS) is 11.0. The number of para-hydroxylation sites is 1. The third kappa shape index (κ3) is 4.75. The van der Waals surface area contributed by atoms with Crippen LogP contribution in [0.3, 0.4) is 0 Å². The van der Waals surface area contributed by atoms with Crippen LogP contribution in [0, 0.1) is 10.1 Å². The van der Waals surface area contributed by atoms with E-state index >= 15 is 0 Å². The third-order valence-electron chi connectivity index (χ3n) is 3.57. The molecule has 27 heavy (non-hydrogen) atoms. The van der Waals surface area contributed by atoms with Crippen LogP contribution < -0.4 is 5.43 Å². The van der Waals surface area contributed by atoms with E-state index in [1.165, 1.54) is 24.3 Å². The number of nitrogens with one attached hydrogen (secondary N) is 1. The number of nitro benzene ring substituents is 1. The molecule has 0 fully saturated rings. The molecule has 0 aliphatic heterocycles. The summed E-state index contributed by atoms with van der Waals surface area (Å²) in [5, 5.41) is 12.6. The summed E-state index contributed by atoms with van der Waals surface area (Å²) < 4.78 is 0. The highest BCUT2D eigenvalue weighted by Gasteiger charge is 2.32. The van der Waals surface area contributed by atoms with Crippen LogP contribution in [0.15, 0.2) is 42.5 Å². The molecule has 0 aromatic heterocycles. The molecule has 0 saturated heterocycles. The van der Waals surface area contributed by atoms with Crippen molar-refractivity contribution in [2.24, 2.45) is 0 Å². The Morgan fingerprint density at radius 1 is 1.11 bits per heavy atom. The molecular formula is C18H17Cl2N3O4. The Kier molecular flexibility index (Phi) is 6.08. The van der Waals surface area contributed by atoms with Gasteiger partial charge in [0.25, 0.3) is 11.8 Å². The van der Waals surface area contributed by atoms with Gasteiger partial charge < -0.3 is 0 Å². The largest absolute Gasteiger partial charge is 0.300 e. The first-order valence-electron chi connectivity index (χ1n) is 7.86. The van der Waals surface area contributed by atoms with Crippen LogP contribution in [-0.4, -0.2) is 27.3 Å². The predicted molar refractivity (Wildman–Crippen MR) is 103 cm³/mol. The number of halogens is 2. The van der Waals surface area contributed by atoms with Crippen LogP contribution in [-0.2, 0) is 0 Å². The minimum Gasteiger partial charge on any atom is -0.267 e. The Balaban J connectivity index is 2.41. The van der Waals surface area contributed by atoms with E-state index in [1.54, 1.807) is 39.0 Å². The Labute approximate surface area is 166 Å². The highest BCUT2D eigenvalue weighted by Crippen LogP contribution is 2.28. The van der Waals surface area contributed by atoms with Crippen molar-refractivity contribution in [1.29, 1.82) is 0 Å². The second-order valence-electron chi connectivity index (χ2n) is 6.66. The molecule has 9 heteroatoms. The van der Waals surface area contributed by atoms with Crippen molar-refractivity contribution in [2.45, 2.75) is 26.3 Å². The van der Waals surface area contributed by atoms with Crippen molar-refractivity contribution in [1.82, 2.24) is 10.4 Å². The number of hydrogen-bond acceptors (Lipinski definition) is 4. The van der Waals surface area contributed by atoms with E-state index in [2.05, 4.69) is 5.43 Å². The molecule has 0 saturated carbocycles. The van der Waals surface area contributed by atoms with E-state index in [4.69, 9.17) is 23.2 Å². The SMILES string of the molecule is CC(C)(C)N(NC(=O)c1cccc(Cl)c1[N+](=O)[O-])C(=O)c1cccc(Cl)c1. The highest BCUT2D eigenvalue weighted by atomic mass is 35.5. The number of benzene rings is 2. The molecule has 0 aliphatic rings. The monoisotopic (exact) mass is 409 g/mol. The average Bonchev–Trinajstić information content (AvgIpc) is 2.57. The fraction of sp³-hybridized carbons (Fsp3) is 0.222. The molecule has 1 N–H and O–H groups in total. The summed E-state index contributed by atoms with van der Waals surface area (Å²) in [7, 11) is 0. The molecule has 2 aromatic carbocycles. The first-order chi connectivity index (χ1) is 12.5. The maximum absolute atomic E-state index is 12.9. The maximum Gasteiger partial charge on any atom is 0.300 e. The number of nitrogens with zero attached hydrogens (tertiary/aromatic N) is 2. The van der Waals surface area contributed by atoms with Gasteiger partial charge in [-0.25, -0.2) is 5.01 Å². The van der Waals surface area contributed by atoms with E-state index in [0.29, 0.717) is 5.02 Å². The van der Waals surface area contributed by atoms with Gasteiger partial charge in [0, 0.05) is 10.6 Å². The van der Waals surface area contributed by atoms with Crippen LogP contribution in [0.2, 0.25) is 10.0 Å². The second-order valence-corrected chi connectivity index (χ2v) is 7.50. The standard InChI is InChI=1S/C18H17Cl2N3O4/c1-18(2,3)22(17(25)11-6-4-7-12(19)10-11)21-16(24)13-8-5-9-14(20)15(13)23(26)27/h4-10H,1-3H3,(H,21,24). The van der Waals surface area contributed by atoms with E-state index in [9.17, 15) is 19.7 Å². The first kappa shape index (κ1) is 20.7. The van der Waals surface area contributed by atoms with Crippen molar-refractivity contribution in [3.05, 3.63) is 73.8 Å². The van der Waals surface area contributed by atoms with Gasteiger partial charge in [-0.15, -0.1) is 0 Å². The van der Waals surface area contributed by atoms with Crippen molar-refractivity contribution in [3.63, 3.8) is 0 Å². The van der Waals surface area contributed by atoms with Gasteiger partial charge in [-0.3, -0.25) is 25.1 Å². The molecule has 142 valence electrons. The van der Waals surface area contributed by atoms with Gasteiger partial charge in [0.2, 0.25) is 0 Å². The van der Waals surface area contributed by atoms with Gasteiger partial charge in [-0.1, -0.05) is 35.3 Å². The van der Waals surface area contributed by atoms with Gasteiger partial charge >= 0.3 is 5.69 Å². The first-order valence-corrected chi connectivity index (χ1v) is 8.62. The molecule has 7 nitrogen and oxygen atoms in total. The van der Waals surface area contributed by atoms with E-state index < -0.39 is 28.0 Å². The smallest absolute Gasteiger partial charge is 0.267 e. The number of nitro groups is 1. The molecule has 0 radical (unpaired) electrons. The summed E-state index contributed by atoms with van der Waals surface area (Å²) in [5.41, 5.74) is 1.12. The number of amides is 2. The number of rotatable bonds is 3. The number of carbonyl (C=O) groups excluding carboxylic acids is 2. The topological polar surface area (TPSA) is 92.6 Å². The zero-order chi connectivity index (χ0) is 20.4. The minimum atomic E-state index is -0.825. The summed E-state index contributed by atoms with van der Waals surface area (Å²) in [4.78, 5) is 36.1. The lowest BCUT2D eigenvalue weighted by molar-refractivity contribution is -0.385. The molecular weight excluding hydrogens is 393 g/mol. The molecule has 0 aliphatic carbocycles. The summed E-state index contributed by atoms with van der Waals surface area (Å²) in [6.45, 7) is 5.13. The number of carbonyl (C=O) groups is 2. The van der Waals surface area contributed by atoms with Gasteiger partial charge in [0.1, 0.15) is 10.6 Å². The van der Waals surface area contributed by atoms with Gasteiger partial charge in [0.15, 0.2) is 0 Å². The number of hydrogen-bond donors (Lipinski definition) is 1. The fourth-order valence-corrected chi connectivity index (χ4v) is 2.75. The van der Waals surface area contributed by atoms with Crippen LogP contribution >= 0.6 is 23.2 Å². The average molecular weight is 410 g/mol.